The molecular weight excluding hydrogens is 807 g/mol. The molecule has 0 rings (SSSR count). The van der Waals surface area contributed by atoms with E-state index in [4.69, 9.17) is 5.11 Å². The summed E-state index contributed by atoms with van der Waals surface area (Å²) in [5, 5.41) is 8.42. The molecule has 1 nitrogen and oxygen atoms in total. The monoisotopic (exact) mass is 820 g/mol. The van der Waals surface area contributed by atoms with Gasteiger partial charge in [-0.15, -0.1) is 0 Å². The van der Waals surface area contributed by atoms with Gasteiger partial charge < -0.3 is 5.11 Å². The highest BCUT2D eigenvalue weighted by Crippen LogP contribution is 2.69. The zero-order valence-electron chi connectivity index (χ0n) is 22.7. The van der Waals surface area contributed by atoms with Gasteiger partial charge in [0.1, 0.15) is 0 Å². The molecule has 1 N–H and O–H groups in total. The Balaban J connectivity index is 7.31. The lowest BCUT2D eigenvalue weighted by Gasteiger charge is -2.46. The van der Waals surface area contributed by atoms with E-state index in [-0.39, 0.29) is 6.42 Å². The zero-order valence-corrected chi connectivity index (χ0v) is 22.7. The summed E-state index contributed by atoms with van der Waals surface area (Å²) in [6.45, 7) is -0.740. The van der Waals surface area contributed by atoms with E-state index in [0.717, 1.165) is 0 Å². The number of aliphatic hydroxyl groups is 1. The molecule has 0 aliphatic rings. The van der Waals surface area contributed by atoms with Gasteiger partial charge in [-0.05, 0) is 12.8 Å². The fourth-order valence-electron chi connectivity index (χ4n) is 3.35. The first-order chi connectivity index (χ1) is 21.3. The first kappa shape index (κ1) is 47.9. The summed E-state index contributed by atoms with van der Waals surface area (Å²) in [6.07, 6.45) is -14.2. The minimum atomic E-state index is -9.92. The largest absolute Gasteiger partial charge is 0.460 e. The van der Waals surface area contributed by atoms with Gasteiger partial charge in [0, 0.05) is 13.0 Å². The van der Waals surface area contributed by atoms with Crippen molar-refractivity contribution in [1.29, 1.82) is 0 Å². The highest BCUT2D eigenvalue weighted by atomic mass is 19.4. The average molecular weight is 820 g/mol. The van der Waals surface area contributed by atoms with Gasteiger partial charge in [0.2, 0.25) is 0 Å². The third kappa shape index (κ3) is 6.14. The Hall–Kier alpha value is -2.07. The Labute approximate surface area is 255 Å². The molecule has 0 spiro atoms. The molecular formula is C20H13F29O. The van der Waals surface area contributed by atoms with Crippen LogP contribution >= 0.6 is 0 Å². The molecule has 0 aliphatic heterocycles. The SMILES string of the molecule is OCCCCCCC(F)(F)C(F)(F)C(F)(F)C(F)(F)C(F)(F)C(F)(F)C(F)(F)C(F)(F)C(F)(F)C(F)(F)C(F)(F)C(F)(F)C(F)(F)C(F)(F)F. The van der Waals surface area contributed by atoms with Crippen molar-refractivity contribution in [2.24, 2.45) is 0 Å². The highest BCUT2D eigenvalue weighted by Gasteiger charge is 3.00. The van der Waals surface area contributed by atoms with Crippen molar-refractivity contribution in [3.05, 3.63) is 0 Å². The maximum absolute atomic E-state index is 13.9. The number of rotatable bonds is 18. The van der Waals surface area contributed by atoms with Crippen LogP contribution in [-0.2, 0) is 0 Å². The van der Waals surface area contributed by atoms with E-state index in [1.165, 1.54) is 0 Å². The second-order valence-electron chi connectivity index (χ2n) is 9.98. The van der Waals surface area contributed by atoms with Gasteiger partial charge in [-0.2, -0.15) is 127 Å². The van der Waals surface area contributed by atoms with E-state index in [0.29, 0.717) is 0 Å². The molecule has 0 aromatic rings. The van der Waals surface area contributed by atoms with Crippen molar-refractivity contribution < 1.29 is 132 Å². The normalized spacial score (nSPS) is 16.7. The van der Waals surface area contributed by atoms with E-state index in [1.54, 1.807) is 0 Å². The average Bonchev–Trinajstić information content (AvgIpc) is 2.90. The van der Waals surface area contributed by atoms with Gasteiger partial charge in [0.15, 0.2) is 0 Å². The molecule has 0 aliphatic carbocycles. The van der Waals surface area contributed by atoms with Gasteiger partial charge in [-0.3, -0.25) is 0 Å². The number of unbranched alkanes of at least 4 members (excludes halogenated alkanes) is 3. The summed E-state index contributed by atoms with van der Waals surface area (Å²) in [6, 6.07) is 0. The van der Waals surface area contributed by atoms with Crippen LogP contribution in [0.5, 0.6) is 0 Å². The smallest absolute Gasteiger partial charge is 0.396 e. The van der Waals surface area contributed by atoms with Crippen LogP contribution in [0.15, 0.2) is 0 Å². The summed E-state index contributed by atoms with van der Waals surface area (Å²) in [5.74, 6) is -120. The second kappa shape index (κ2) is 12.8. The van der Waals surface area contributed by atoms with Crippen molar-refractivity contribution in [1.82, 2.24) is 0 Å². The van der Waals surface area contributed by atoms with Crippen molar-refractivity contribution >= 4 is 0 Å². The Bertz CT molecular complexity index is 1160. The molecule has 0 heterocycles. The van der Waals surface area contributed by atoms with Crippen molar-refractivity contribution in [3.63, 3.8) is 0 Å². The van der Waals surface area contributed by atoms with Crippen LogP contribution in [0.25, 0.3) is 0 Å². The van der Waals surface area contributed by atoms with Gasteiger partial charge >= 0.3 is 83.2 Å². The number of hydrogen-bond donors (Lipinski definition) is 1. The van der Waals surface area contributed by atoms with Gasteiger partial charge in [0.05, 0.1) is 0 Å². The quantitative estimate of drug-likeness (QED) is 0.108. The van der Waals surface area contributed by atoms with E-state index >= 15 is 0 Å². The molecule has 0 amide bonds. The van der Waals surface area contributed by atoms with Crippen LogP contribution in [0.3, 0.4) is 0 Å². The maximum atomic E-state index is 13.9. The molecule has 0 atom stereocenters. The van der Waals surface area contributed by atoms with E-state index in [1.807, 2.05) is 0 Å². The minimum absolute atomic E-state index is 0.346. The summed E-state index contributed by atoms with van der Waals surface area (Å²) >= 11 is 0. The van der Waals surface area contributed by atoms with Gasteiger partial charge in [0.25, 0.3) is 0 Å². The van der Waals surface area contributed by atoms with Gasteiger partial charge in [-0.1, -0.05) is 12.8 Å². The van der Waals surface area contributed by atoms with Crippen LogP contribution in [0, 0.1) is 0 Å². The van der Waals surface area contributed by atoms with Crippen molar-refractivity contribution in [2.45, 2.75) is 115 Å². The van der Waals surface area contributed by atoms with Crippen molar-refractivity contribution in [3.8, 4) is 0 Å². The predicted octanol–water partition coefficient (Wildman–Crippen LogP) is 10.8. The molecule has 0 aromatic carbocycles. The third-order valence-corrected chi connectivity index (χ3v) is 6.55. The van der Waals surface area contributed by atoms with Crippen LogP contribution in [0.4, 0.5) is 127 Å². The van der Waals surface area contributed by atoms with Crippen molar-refractivity contribution in [2.75, 3.05) is 6.61 Å². The standard InChI is InChI=1S/C20H13F29O/c21-7(22,5-3-1-2-4-6-50)8(23,24)9(25,26)10(27,28)11(29,30)12(31,32)13(33,34)14(35,36)15(37,38)16(39,40)17(41,42)18(43,44)19(45,46)20(47,48)49/h50H,1-6H2. The third-order valence-electron chi connectivity index (χ3n) is 6.55. The Morgan fingerprint density at radius 2 is 0.440 bits per heavy atom. The molecule has 0 radical (unpaired) electrons. The first-order valence-electron chi connectivity index (χ1n) is 11.9. The number of hydrogen-bond acceptors (Lipinski definition) is 1. The summed E-state index contributed by atoms with van der Waals surface area (Å²) in [4.78, 5) is 0. The molecule has 0 fully saturated rings. The predicted molar refractivity (Wildman–Crippen MR) is 101 cm³/mol. The van der Waals surface area contributed by atoms with E-state index in [2.05, 4.69) is 0 Å². The highest BCUT2D eigenvalue weighted by molar-refractivity contribution is 5.21. The minimum Gasteiger partial charge on any atom is -0.396 e. The summed E-state index contributed by atoms with van der Waals surface area (Å²) in [7, 11) is 0. The molecule has 0 saturated heterocycles. The Kier molecular flexibility index (Phi) is 12.3. The maximum Gasteiger partial charge on any atom is 0.460 e. The zero-order chi connectivity index (χ0) is 41.2. The fraction of sp³-hybridized carbons (Fsp3) is 1.00. The lowest BCUT2D eigenvalue weighted by molar-refractivity contribution is -0.487. The molecule has 50 heavy (non-hydrogen) atoms. The molecule has 302 valence electrons. The Morgan fingerprint density at radius 1 is 0.240 bits per heavy atom. The van der Waals surface area contributed by atoms with E-state index in [9.17, 15) is 127 Å². The molecule has 0 unspecified atom stereocenters. The van der Waals surface area contributed by atoms with Crippen LogP contribution < -0.4 is 0 Å². The van der Waals surface area contributed by atoms with Gasteiger partial charge in [-0.25, -0.2) is 0 Å². The summed E-state index contributed by atoms with van der Waals surface area (Å²) in [5.41, 5.74) is 0. The lowest BCUT2D eigenvalue weighted by Crippen LogP contribution is -2.79. The second-order valence-corrected chi connectivity index (χ2v) is 9.98. The number of alkyl halides is 29. The number of aliphatic hydroxyl groups excluding tert-OH is 1. The molecule has 0 aromatic heterocycles. The lowest BCUT2D eigenvalue weighted by atomic mass is 9.83. The molecule has 0 saturated carbocycles. The molecule has 30 heteroatoms. The van der Waals surface area contributed by atoms with E-state index < -0.39 is 115 Å². The van der Waals surface area contributed by atoms with Crippen LogP contribution in [-0.4, -0.2) is 94.9 Å². The topological polar surface area (TPSA) is 20.2 Å². The van der Waals surface area contributed by atoms with Crippen LogP contribution in [0.1, 0.15) is 32.1 Å². The Morgan fingerprint density at radius 3 is 0.660 bits per heavy atom. The van der Waals surface area contributed by atoms with Crippen LogP contribution in [0.2, 0.25) is 0 Å². The fourth-order valence-corrected chi connectivity index (χ4v) is 3.35. The number of halogens is 29. The summed E-state index contributed by atoms with van der Waals surface area (Å²) < 4.78 is 391. The molecule has 0 bridgehead atoms. The first-order valence-corrected chi connectivity index (χ1v) is 11.9.